The molecule has 5 nitrogen and oxygen atoms in total. The van der Waals surface area contributed by atoms with E-state index in [2.05, 4.69) is 10.6 Å². The number of carbonyl (C=O) groups is 2. The van der Waals surface area contributed by atoms with Gasteiger partial charge in [-0.3, -0.25) is 9.59 Å². The van der Waals surface area contributed by atoms with E-state index in [-0.39, 0.29) is 29.8 Å². The zero-order chi connectivity index (χ0) is 16.4. The molecule has 1 aromatic rings. The lowest BCUT2D eigenvalue weighted by atomic mass is 9.92. The van der Waals surface area contributed by atoms with Crippen LogP contribution in [-0.2, 0) is 4.79 Å². The number of halogens is 1. The maximum Gasteiger partial charge on any atom is 0.251 e. The van der Waals surface area contributed by atoms with Crippen LogP contribution in [0.4, 0.5) is 0 Å². The molecule has 4 N–H and O–H groups in total. The van der Waals surface area contributed by atoms with E-state index in [1.54, 1.807) is 12.1 Å². The molecule has 0 fully saturated rings. The molecule has 0 bridgehead atoms. The quantitative estimate of drug-likeness (QED) is 0.602. The molecule has 0 heterocycles. The third-order valence-electron chi connectivity index (χ3n) is 4.05. The summed E-state index contributed by atoms with van der Waals surface area (Å²) in [6.45, 7) is 4.97. The molecular formula is C17H28ClN3O2. The van der Waals surface area contributed by atoms with Crippen LogP contribution in [0.25, 0.3) is 0 Å². The fourth-order valence-corrected chi connectivity index (χ4v) is 2.27. The summed E-state index contributed by atoms with van der Waals surface area (Å²) in [6.07, 6.45) is 2.63. The first-order chi connectivity index (χ1) is 10.6. The van der Waals surface area contributed by atoms with Crippen molar-refractivity contribution in [3.8, 4) is 0 Å². The number of benzene rings is 1. The highest BCUT2D eigenvalue weighted by atomic mass is 35.5. The van der Waals surface area contributed by atoms with E-state index in [0.29, 0.717) is 31.5 Å². The minimum absolute atomic E-state index is 0. The maximum absolute atomic E-state index is 12.0. The van der Waals surface area contributed by atoms with Gasteiger partial charge in [0.1, 0.15) is 0 Å². The van der Waals surface area contributed by atoms with E-state index >= 15 is 0 Å². The smallest absolute Gasteiger partial charge is 0.251 e. The molecule has 0 atom stereocenters. The van der Waals surface area contributed by atoms with E-state index in [1.165, 1.54) is 0 Å². The molecular weight excluding hydrogens is 314 g/mol. The molecule has 0 radical (unpaired) electrons. The van der Waals surface area contributed by atoms with Gasteiger partial charge in [0, 0.05) is 25.1 Å². The Morgan fingerprint density at radius 3 is 2.26 bits per heavy atom. The maximum atomic E-state index is 12.0. The first-order valence-corrected chi connectivity index (χ1v) is 7.91. The highest BCUT2D eigenvalue weighted by Crippen LogP contribution is 2.13. The summed E-state index contributed by atoms with van der Waals surface area (Å²) in [5, 5.41) is 5.84. The van der Waals surface area contributed by atoms with Crippen molar-refractivity contribution in [3.63, 3.8) is 0 Å². The van der Waals surface area contributed by atoms with Gasteiger partial charge in [0.25, 0.3) is 5.91 Å². The van der Waals surface area contributed by atoms with Crippen LogP contribution < -0.4 is 16.4 Å². The number of nitrogens with one attached hydrogen (secondary N) is 2. The molecule has 0 spiro atoms. The molecule has 23 heavy (non-hydrogen) atoms. The topological polar surface area (TPSA) is 84.2 Å². The van der Waals surface area contributed by atoms with Gasteiger partial charge in [-0.15, -0.1) is 12.4 Å². The zero-order valence-corrected chi connectivity index (χ0v) is 14.7. The second-order valence-electron chi connectivity index (χ2n) is 5.47. The van der Waals surface area contributed by atoms with Crippen LogP contribution in [0.15, 0.2) is 30.3 Å². The van der Waals surface area contributed by atoms with Crippen LogP contribution in [0.5, 0.6) is 0 Å². The second kappa shape index (κ2) is 11.0. The van der Waals surface area contributed by atoms with Crippen molar-refractivity contribution in [2.45, 2.75) is 45.1 Å². The number of amides is 2. The summed E-state index contributed by atoms with van der Waals surface area (Å²) in [5.74, 6) is -0.123. The van der Waals surface area contributed by atoms with Crippen molar-refractivity contribution in [2.24, 2.45) is 5.73 Å². The Kier molecular flexibility index (Phi) is 10.3. The number of hydrogen-bond acceptors (Lipinski definition) is 3. The van der Waals surface area contributed by atoms with Gasteiger partial charge in [-0.1, -0.05) is 32.0 Å². The molecule has 6 heteroatoms. The zero-order valence-electron chi connectivity index (χ0n) is 13.9. The van der Waals surface area contributed by atoms with Gasteiger partial charge in [-0.2, -0.15) is 0 Å². The fraction of sp³-hybridized carbons (Fsp3) is 0.529. The van der Waals surface area contributed by atoms with Gasteiger partial charge in [0.15, 0.2) is 0 Å². The minimum atomic E-state index is -0.301. The van der Waals surface area contributed by atoms with Crippen molar-refractivity contribution >= 4 is 24.2 Å². The van der Waals surface area contributed by atoms with Gasteiger partial charge in [0.05, 0.1) is 5.54 Å². The second-order valence-corrected chi connectivity index (χ2v) is 5.47. The lowest BCUT2D eigenvalue weighted by Crippen LogP contribution is -2.52. The van der Waals surface area contributed by atoms with Crippen LogP contribution in [-0.4, -0.2) is 30.4 Å². The number of hydrogen-bond donors (Lipinski definition) is 3. The highest BCUT2D eigenvalue weighted by molar-refractivity contribution is 5.94. The molecule has 0 aliphatic rings. The summed E-state index contributed by atoms with van der Waals surface area (Å²) < 4.78 is 0. The lowest BCUT2D eigenvalue weighted by molar-refractivity contribution is -0.123. The summed E-state index contributed by atoms with van der Waals surface area (Å²) in [7, 11) is 0. The fourth-order valence-electron chi connectivity index (χ4n) is 2.27. The average Bonchev–Trinajstić information content (AvgIpc) is 2.57. The van der Waals surface area contributed by atoms with Gasteiger partial charge in [0.2, 0.25) is 5.91 Å². The van der Waals surface area contributed by atoms with E-state index in [0.717, 1.165) is 12.8 Å². The van der Waals surface area contributed by atoms with Gasteiger partial charge in [-0.05, 0) is 31.4 Å². The highest BCUT2D eigenvalue weighted by Gasteiger charge is 2.25. The molecule has 0 unspecified atom stereocenters. The Morgan fingerprint density at radius 1 is 1.13 bits per heavy atom. The van der Waals surface area contributed by atoms with Crippen molar-refractivity contribution in [3.05, 3.63) is 35.9 Å². The summed E-state index contributed by atoms with van der Waals surface area (Å²) in [4.78, 5) is 23.8. The van der Waals surface area contributed by atoms with E-state index < -0.39 is 0 Å². The van der Waals surface area contributed by atoms with Crippen molar-refractivity contribution in [2.75, 3.05) is 13.1 Å². The molecule has 1 rings (SSSR count). The normalized spacial score (nSPS) is 10.6. The molecule has 2 amide bonds. The first-order valence-electron chi connectivity index (χ1n) is 7.91. The predicted molar refractivity (Wildman–Crippen MR) is 95.8 cm³/mol. The van der Waals surface area contributed by atoms with Crippen LogP contribution in [0.1, 0.15) is 49.9 Å². The minimum Gasteiger partial charge on any atom is -0.352 e. The van der Waals surface area contributed by atoms with Crippen LogP contribution >= 0.6 is 12.4 Å². The standard InChI is InChI=1S/C17H27N3O2.ClH/c1-3-17(4-2,13-18)20-15(21)11-8-12-19-16(22)14-9-6-5-7-10-14;/h5-7,9-10H,3-4,8,11-13,18H2,1-2H3,(H,19,22)(H,20,21);1H. The lowest BCUT2D eigenvalue weighted by Gasteiger charge is -2.31. The molecule has 0 aromatic heterocycles. The van der Waals surface area contributed by atoms with Crippen molar-refractivity contribution in [1.82, 2.24) is 10.6 Å². The summed E-state index contributed by atoms with van der Waals surface area (Å²) >= 11 is 0. The van der Waals surface area contributed by atoms with E-state index in [4.69, 9.17) is 5.73 Å². The largest absolute Gasteiger partial charge is 0.352 e. The number of rotatable bonds is 9. The third kappa shape index (κ3) is 7.01. The van der Waals surface area contributed by atoms with Crippen molar-refractivity contribution in [1.29, 1.82) is 0 Å². The van der Waals surface area contributed by atoms with Crippen LogP contribution in [0.3, 0.4) is 0 Å². The Morgan fingerprint density at radius 2 is 1.74 bits per heavy atom. The van der Waals surface area contributed by atoms with Gasteiger partial charge >= 0.3 is 0 Å². The number of carbonyl (C=O) groups excluding carboxylic acids is 2. The van der Waals surface area contributed by atoms with Crippen LogP contribution in [0, 0.1) is 0 Å². The van der Waals surface area contributed by atoms with Gasteiger partial charge < -0.3 is 16.4 Å². The van der Waals surface area contributed by atoms with Gasteiger partial charge in [-0.25, -0.2) is 0 Å². The summed E-state index contributed by atoms with van der Waals surface area (Å²) in [5.41, 5.74) is 6.09. The Labute approximate surface area is 144 Å². The van der Waals surface area contributed by atoms with E-state index in [9.17, 15) is 9.59 Å². The molecule has 0 saturated carbocycles. The Bertz CT molecular complexity index is 468. The molecule has 0 aliphatic carbocycles. The first kappa shape index (κ1) is 21.4. The predicted octanol–water partition coefficient (Wildman–Crippen LogP) is 2.25. The monoisotopic (exact) mass is 341 g/mol. The molecule has 0 aliphatic heterocycles. The molecule has 0 saturated heterocycles. The third-order valence-corrected chi connectivity index (χ3v) is 4.05. The average molecular weight is 342 g/mol. The SMILES string of the molecule is CCC(CC)(CN)NC(=O)CCCNC(=O)c1ccccc1.Cl. The van der Waals surface area contributed by atoms with Crippen LogP contribution in [0.2, 0.25) is 0 Å². The Hall–Kier alpha value is -1.59. The van der Waals surface area contributed by atoms with E-state index in [1.807, 2.05) is 32.0 Å². The summed E-state index contributed by atoms with van der Waals surface area (Å²) in [6, 6.07) is 9.04. The van der Waals surface area contributed by atoms with Crippen molar-refractivity contribution < 1.29 is 9.59 Å². The molecule has 1 aromatic carbocycles. The molecule has 130 valence electrons. The Balaban J connectivity index is 0.00000484. The number of nitrogens with two attached hydrogens (primary N) is 1.